The van der Waals surface area contributed by atoms with E-state index in [-0.39, 0.29) is 11.4 Å². The van der Waals surface area contributed by atoms with Gasteiger partial charge in [-0.15, -0.1) is 0 Å². The first-order chi connectivity index (χ1) is 16.5. The Labute approximate surface area is 209 Å². The second-order valence-corrected chi connectivity index (χ2v) is 9.25. The second kappa shape index (κ2) is 11.6. The third-order valence-corrected chi connectivity index (χ3v) is 6.45. The standard InChI is InChI=1S/C22H21Cl2FN7OS/c23-17-12-16(13-18(24)14-17)21(33)28-30-26-5-6-31-7-9-32(10-8-31)22-27-20(29-34-22)11-15-1-3-19(25)4-2-15/h1-4,12-14H,5-11H2/q+1. The van der Waals surface area contributed by atoms with E-state index in [0.29, 0.717) is 23.0 Å². The molecule has 1 aliphatic heterocycles. The zero-order valence-electron chi connectivity index (χ0n) is 18.1. The molecule has 8 nitrogen and oxygen atoms in total. The number of benzene rings is 2. The van der Waals surface area contributed by atoms with Gasteiger partial charge < -0.3 is 4.90 Å². The topological polar surface area (TPSA) is 88.2 Å². The van der Waals surface area contributed by atoms with E-state index in [2.05, 4.69) is 34.3 Å². The molecule has 2 heterocycles. The SMILES string of the molecule is O=C(N=[N+]=NCCN1CCN(c2nc(Cc3ccc(F)cc3)ns2)CC1)c1cc(Cl)cc(Cl)c1. The molecule has 0 radical (unpaired) electrons. The van der Waals surface area contributed by atoms with E-state index in [0.717, 1.165) is 49.2 Å². The first kappa shape index (κ1) is 24.4. The number of halogens is 3. The molecule has 0 unspecified atom stereocenters. The van der Waals surface area contributed by atoms with Gasteiger partial charge >= 0.3 is 5.91 Å². The molecule has 0 aliphatic carbocycles. The summed E-state index contributed by atoms with van der Waals surface area (Å²) in [5.74, 6) is -0.0498. The van der Waals surface area contributed by atoms with E-state index in [1.54, 1.807) is 18.2 Å². The summed E-state index contributed by atoms with van der Waals surface area (Å²) in [7, 11) is 0. The third kappa shape index (κ3) is 6.88. The van der Waals surface area contributed by atoms with Crippen LogP contribution in [0.1, 0.15) is 21.7 Å². The summed E-state index contributed by atoms with van der Waals surface area (Å²) in [6, 6.07) is 10.9. The Hall–Kier alpha value is -2.75. The van der Waals surface area contributed by atoms with Gasteiger partial charge in [0, 0.05) is 60.7 Å². The van der Waals surface area contributed by atoms with Crippen molar-refractivity contribution < 1.29 is 9.18 Å². The fraction of sp³-hybridized carbons (Fsp3) is 0.318. The number of rotatable bonds is 7. The molecule has 2 aromatic carbocycles. The normalized spacial score (nSPS) is 14.0. The number of amides is 1. The fourth-order valence-electron chi connectivity index (χ4n) is 3.43. The third-order valence-electron chi connectivity index (χ3n) is 5.20. The zero-order valence-corrected chi connectivity index (χ0v) is 20.4. The van der Waals surface area contributed by atoms with Gasteiger partial charge in [0.05, 0.1) is 5.56 Å². The van der Waals surface area contributed by atoms with Gasteiger partial charge in [0.2, 0.25) is 15.2 Å². The summed E-state index contributed by atoms with van der Waals surface area (Å²) in [6.45, 7) is 4.55. The van der Waals surface area contributed by atoms with Gasteiger partial charge in [0.25, 0.3) is 0 Å². The van der Waals surface area contributed by atoms with Crippen molar-refractivity contribution in [1.29, 1.82) is 0 Å². The van der Waals surface area contributed by atoms with E-state index < -0.39 is 5.91 Å². The van der Waals surface area contributed by atoms with E-state index in [4.69, 9.17) is 23.2 Å². The molecule has 34 heavy (non-hydrogen) atoms. The summed E-state index contributed by atoms with van der Waals surface area (Å²) in [5.41, 5.74) is 1.25. The van der Waals surface area contributed by atoms with Gasteiger partial charge in [-0.25, -0.2) is 9.37 Å². The summed E-state index contributed by atoms with van der Waals surface area (Å²) >= 11 is 13.2. The van der Waals surface area contributed by atoms with Crippen molar-refractivity contribution in [1.82, 2.24) is 19.2 Å². The minimum Gasteiger partial charge on any atom is -0.344 e. The van der Waals surface area contributed by atoms with Crippen molar-refractivity contribution in [2.75, 3.05) is 44.2 Å². The number of hydrogen-bond acceptors (Lipinski definition) is 7. The van der Waals surface area contributed by atoms with Crippen LogP contribution in [0.4, 0.5) is 9.52 Å². The van der Waals surface area contributed by atoms with Crippen LogP contribution >= 0.6 is 34.7 Å². The molecular weight excluding hydrogens is 500 g/mol. The van der Waals surface area contributed by atoms with Crippen LogP contribution in [-0.4, -0.2) is 59.4 Å². The van der Waals surface area contributed by atoms with Gasteiger partial charge in [-0.3, -0.25) is 9.69 Å². The van der Waals surface area contributed by atoms with Crippen molar-refractivity contribution in [3.8, 4) is 0 Å². The molecule has 0 bridgehead atoms. The lowest BCUT2D eigenvalue weighted by Gasteiger charge is -2.33. The van der Waals surface area contributed by atoms with Gasteiger partial charge in [0.15, 0.2) is 0 Å². The Balaban J connectivity index is 1.21. The van der Waals surface area contributed by atoms with Crippen LogP contribution in [0.3, 0.4) is 0 Å². The van der Waals surface area contributed by atoms with Gasteiger partial charge in [-0.2, -0.15) is 4.37 Å². The van der Waals surface area contributed by atoms with Crippen molar-refractivity contribution in [3.05, 3.63) is 75.3 Å². The summed E-state index contributed by atoms with van der Waals surface area (Å²) < 4.78 is 17.5. The number of anilines is 1. The van der Waals surface area contributed by atoms with E-state index in [1.165, 1.54) is 35.8 Å². The Morgan fingerprint density at radius 2 is 1.79 bits per heavy atom. The van der Waals surface area contributed by atoms with E-state index in [1.807, 2.05) is 0 Å². The molecule has 1 fully saturated rings. The maximum Gasteiger partial charge on any atom is 0.360 e. The summed E-state index contributed by atoms with van der Waals surface area (Å²) in [5, 5.41) is 9.18. The molecule has 1 saturated heterocycles. The molecule has 0 N–H and O–H groups in total. The van der Waals surface area contributed by atoms with Crippen LogP contribution in [0, 0.1) is 5.82 Å². The first-order valence-electron chi connectivity index (χ1n) is 10.6. The van der Waals surface area contributed by atoms with Crippen LogP contribution in [0.25, 0.3) is 0 Å². The molecule has 4 rings (SSSR count). The summed E-state index contributed by atoms with van der Waals surface area (Å²) in [6.07, 6.45) is 0.583. The fourth-order valence-corrected chi connectivity index (χ4v) is 4.69. The van der Waals surface area contributed by atoms with E-state index >= 15 is 0 Å². The highest BCUT2D eigenvalue weighted by atomic mass is 35.5. The number of carbonyl (C=O) groups is 1. The predicted octanol–water partition coefficient (Wildman–Crippen LogP) is 4.51. The molecule has 0 atom stereocenters. The highest BCUT2D eigenvalue weighted by Crippen LogP contribution is 2.21. The maximum atomic E-state index is 13.1. The average molecular weight is 521 g/mol. The highest BCUT2D eigenvalue weighted by molar-refractivity contribution is 7.09. The van der Waals surface area contributed by atoms with Crippen molar-refractivity contribution >= 4 is 45.8 Å². The number of aromatic nitrogens is 2. The Morgan fingerprint density at radius 1 is 1.09 bits per heavy atom. The lowest BCUT2D eigenvalue weighted by atomic mass is 10.1. The molecule has 0 spiro atoms. The lowest BCUT2D eigenvalue weighted by molar-refractivity contribution is 0.0992. The van der Waals surface area contributed by atoms with Crippen LogP contribution in [0.2, 0.25) is 10.0 Å². The highest BCUT2D eigenvalue weighted by Gasteiger charge is 2.20. The maximum absolute atomic E-state index is 13.1. The molecular formula is C22H21Cl2FN7OS+. The molecule has 12 heteroatoms. The molecule has 1 amide bonds. The lowest BCUT2D eigenvalue weighted by Crippen LogP contribution is -2.47. The Morgan fingerprint density at radius 3 is 2.50 bits per heavy atom. The molecule has 0 saturated carbocycles. The number of piperazine rings is 1. The number of carbonyl (C=O) groups excluding carboxylic acids is 1. The van der Waals surface area contributed by atoms with Crippen LogP contribution in [0.15, 0.2) is 52.7 Å². The molecule has 176 valence electrons. The Bertz CT molecular complexity index is 1190. The molecule has 1 aromatic heterocycles. The average Bonchev–Trinajstić information content (AvgIpc) is 3.28. The smallest absolute Gasteiger partial charge is 0.344 e. The zero-order chi connectivity index (χ0) is 23.9. The first-order valence-corrected chi connectivity index (χ1v) is 12.1. The van der Waals surface area contributed by atoms with Gasteiger partial charge in [-0.1, -0.05) is 35.3 Å². The molecule has 3 aromatic rings. The second-order valence-electron chi connectivity index (χ2n) is 7.64. The minimum atomic E-state index is -0.544. The number of nitrogens with zero attached hydrogens (tertiary/aromatic N) is 7. The van der Waals surface area contributed by atoms with Gasteiger partial charge in [0.1, 0.15) is 23.3 Å². The summed E-state index contributed by atoms with van der Waals surface area (Å²) in [4.78, 5) is 24.8. The van der Waals surface area contributed by atoms with Crippen LogP contribution < -0.4 is 9.81 Å². The van der Waals surface area contributed by atoms with E-state index in [9.17, 15) is 9.18 Å². The predicted molar refractivity (Wildman–Crippen MR) is 130 cm³/mol. The van der Waals surface area contributed by atoms with Crippen molar-refractivity contribution in [3.63, 3.8) is 0 Å². The van der Waals surface area contributed by atoms with Crippen LogP contribution in [0.5, 0.6) is 0 Å². The quantitative estimate of drug-likeness (QED) is 0.337. The largest absolute Gasteiger partial charge is 0.360 e. The number of hydrogen-bond donors (Lipinski definition) is 0. The van der Waals surface area contributed by atoms with Gasteiger partial charge in [-0.05, 0) is 35.9 Å². The van der Waals surface area contributed by atoms with Crippen molar-refractivity contribution in [2.45, 2.75) is 6.42 Å². The van der Waals surface area contributed by atoms with Crippen LogP contribution in [-0.2, 0) is 6.42 Å². The Kier molecular flexibility index (Phi) is 8.31. The molecule has 1 aliphatic rings. The minimum absolute atomic E-state index is 0.249. The monoisotopic (exact) mass is 520 g/mol. The van der Waals surface area contributed by atoms with Crippen molar-refractivity contribution in [2.24, 2.45) is 10.2 Å².